The first-order chi connectivity index (χ1) is 23.8. The van der Waals surface area contributed by atoms with Crippen molar-refractivity contribution in [2.24, 2.45) is 0 Å². The van der Waals surface area contributed by atoms with Crippen LogP contribution in [0.2, 0.25) is 0 Å². The van der Waals surface area contributed by atoms with Crippen LogP contribution >= 0.6 is 0 Å². The van der Waals surface area contributed by atoms with E-state index in [-0.39, 0.29) is 0 Å². The van der Waals surface area contributed by atoms with E-state index in [0.29, 0.717) is 0 Å². The third kappa shape index (κ3) is 4.97. The summed E-state index contributed by atoms with van der Waals surface area (Å²) < 4.78 is 0. The van der Waals surface area contributed by atoms with Crippen molar-refractivity contribution in [3.63, 3.8) is 0 Å². The largest absolute Gasteiger partial charge is 0.252 e. The van der Waals surface area contributed by atoms with Gasteiger partial charge in [0.2, 0.25) is 0 Å². The molecule has 3 aromatic heterocycles. The molecule has 0 amide bonds. The molecule has 48 heavy (non-hydrogen) atoms. The van der Waals surface area contributed by atoms with Gasteiger partial charge in [-0.3, -0.25) is 9.97 Å². The number of rotatable bonds is 5. The molecule has 3 heterocycles. The summed E-state index contributed by atoms with van der Waals surface area (Å²) in [4.78, 5) is 19.9. The highest BCUT2D eigenvalue weighted by Gasteiger charge is 2.13. The van der Waals surface area contributed by atoms with E-state index in [9.17, 15) is 0 Å². The Morgan fingerprint density at radius 1 is 0.312 bits per heavy atom. The summed E-state index contributed by atoms with van der Waals surface area (Å²) in [5, 5.41) is 4.45. The first-order valence-corrected chi connectivity index (χ1v) is 16.0. The molecule has 0 radical (unpaired) electrons. The molecule has 0 aliphatic carbocycles. The molecular formula is C44H28N4. The maximum Gasteiger partial charge on any atom is 0.0972 e. The second-order valence-corrected chi connectivity index (χ2v) is 11.9. The van der Waals surface area contributed by atoms with Crippen molar-refractivity contribution >= 4 is 32.6 Å². The van der Waals surface area contributed by atoms with E-state index in [2.05, 4.69) is 121 Å². The molecule has 6 aromatic carbocycles. The molecule has 0 saturated carbocycles. The van der Waals surface area contributed by atoms with Crippen LogP contribution in [0.15, 0.2) is 170 Å². The lowest BCUT2D eigenvalue weighted by Gasteiger charge is -2.13. The predicted octanol–water partition coefficient (Wildman–Crippen LogP) is 11.1. The van der Waals surface area contributed by atoms with Gasteiger partial charge in [0.1, 0.15) is 0 Å². The molecule has 0 N–H and O–H groups in total. The number of hydrogen-bond donors (Lipinski definition) is 0. The maximum atomic E-state index is 5.21. The van der Waals surface area contributed by atoms with Crippen molar-refractivity contribution in [3.8, 4) is 56.2 Å². The third-order valence-corrected chi connectivity index (χ3v) is 8.98. The molecule has 0 aliphatic rings. The van der Waals surface area contributed by atoms with E-state index in [1.54, 1.807) is 0 Å². The quantitative estimate of drug-likeness (QED) is 0.181. The summed E-state index contributed by atoms with van der Waals surface area (Å²) >= 11 is 0. The highest BCUT2D eigenvalue weighted by molar-refractivity contribution is 6.06. The van der Waals surface area contributed by atoms with Gasteiger partial charge in [-0.25, -0.2) is 9.97 Å². The molecule has 9 rings (SSSR count). The monoisotopic (exact) mass is 612 g/mol. The number of benzene rings is 6. The molecule has 0 unspecified atom stereocenters. The van der Waals surface area contributed by atoms with Crippen LogP contribution in [-0.4, -0.2) is 19.9 Å². The number of pyridine rings is 2. The standard InChI is InChI=1S/C44H28N4/c1-3-10-29(11-4-1)39-24-20-31-18-19-32-21-25-40(48-44(32)43(31)47-39)34-15-9-14-33(26-34)35-22-23-38(37-17-8-7-16-36(35)37)42-28-45-41(27-46-42)30-12-5-2-6-13-30/h1-28H. The SMILES string of the molecule is c1ccc(-c2cnc(-c3ccc(-c4cccc(-c5ccc6ccc7ccc(-c8ccccc8)nc7c6n5)c4)c4ccccc34)cn2)cc1. The van der Waals surface area contributed by atoms with Crippen LogP contribution in [0.3, 0.4) is 0 Å². The molecule has 0 fully saturated rings. The van der Waals surface area contributed by atoms with Crippen LogP contribution in [0.5, 0.6) is 0 Å². The van der Waals surface area contributed by atoms with Crippen molar-refractivity contribution in [2.45, 2.75) is 0 Å². The Hall–Kier alpha value is -6.52. The molecule has 0 aliphatic heterocycles. The van der Waals surface area contributed by atoms with Gasteiger partial charge in [0.15, 0.2) is 0 Å². The molecule has 4 nitrogen and oxygen atoms in total. The van der Waals surface area contributed by atoms with Gasteiger partial charge in [0.25, 0.3) is 0 Å². The molecular weight excluding hydrogens is 585 g/mol. The van der Waals surface area contributed by atoms with E-state index in [4.69, 9.17) is 19.9 Å². The van der Waals surface area contributed by atoms with Gasteiger partial charge in [-0.1, -0.05) is 140 Å². The summed E-state index contributed by atoms with van der Waals surface area (Å²) in [6, 6.07) is 54.7. The number of hydrogen-bond acceptors (Lipinski definition) is 4. The Morgan fingerprint density at radius 2 is 0.792 bits per heavy atom. The summed E-state index contributed by atoms with van der Waals surface area (Å²) in [5.41, 5.74) is 11.9. The normalized spacial score (nSPS) is 11.3. The van der Waals surface area contributed by atoms with Crippen LogP contribution in [0.1, 0.15) is 0 Å². The lowest BCUT2D eigenvalue weighted by Crippen LogP contribution is -1.92. The topological polar surface area (TPSA) is 51.6 Å². The number of fused-ring (bicyclic) bond motifs is 4. The zero-order chi connectivity index (χ0) is 31.9. The van der Waals surface area contributed by atoms with E-state index in [1.807, 2.05) is 48.8 Å². The summed E-state index contributed by atoms with van der Waals surface area (Å²) in [6.45, 7) is 0. The van der Waals surface area contributed by atoms with Crippen molar-refractivity contribution in [1.82, 2.24) is 19.9 Å². The zero-order valence-electron chi connectivity index (χ0n) is 26.0. The molecule has 4 heteroatoms. The van der Waals surface area contributed by atoms with Gasteiger partial charge >= 0.3 is 0 Å². The molecule has 224 valence electrons. The zero-order valence-corrected chi connectivity index (χ0v) is 26.0. The smallest absolute Gasteiger partial charge is 0.0972 e. The lowest BCUT2D eigenvalue weighted by atomic mass is 9.93. The predicted molar refractivity (Wildman–Crippen MR) is 197 cm³/mol. The first-order valence-electron chi connectivity index (χ1n) is 16.0. The second-order valence-electron chi connectivity index (χ2n) is 11.9. The lowest BCUT2D eigenvalue weighted by molar-refractivity contribution is 1.21. The highest BCUT2D eigenvalue weighted by atomic mass is 14.8. The molecule has 0 spiro atoms. The molecule has 0 bridgehead atoms. The van der Waals surface area contributed by atoms with Crippen molar-refractivity contribution in [3.05, 3.63) is 170 Å². The number of aromatic nitrogens is 4. The van der Waals surface area contributed by atoms with Gasteiger partial charge in [0.05, 0.1) is 46.2 Å². The second kappa shape index (κ2) is 11.7. The molecule has 9 aromatic rings. The Kier molecular flexibility index (Phi) is 6.76. The van der Waals surface area contributed by atoms with Gasteiger partial charge in [-0.05, 0) is 40.1 Å². The molecule has 0 atom stereocenters. The Balaban J connectivity index is 1.11. The van der Waals surface area contributed by atoms with Crippen LogP contribution in [0.25, 0.3) is 88.7 Å². The Bertz CT molecular complexity index is 2600. The highest BCUT2D eigenvalue weighted by Crippen LogP contribution is 2.37. The maximum absolute atomic E-state index is 5.21. The number of nitrogens with zero attached hydrogens (tertiary/aromatic N) is 4. The summed E-state index contributed by atoms with van der Waals surface area (Å²) in [5.74, 6) is 0. The van der Waals surface area contributed by atoms with E-state index in [1.165, 1.54) is 0 Å². The van der Waals surface area contributed by atoms with Crippen LogP contribution in [0, 0.1) is 0 Å². The molecule has 0 saturated heterocycles. The summed E-state index contributed by atoms with van der Waals surface area (Å²) in [7, 11) is 0. The summed E-state index contributed by atoms with van der Waals surface area (Å²) in [6.07, 6.45) is 3.73. The Labute approximate surface area is 278 Å². The minimum absolute atomic E-state index is 0.850. The van der Waals surface area contributed by atoms with Crippen molar-refractivity contribution in [2.75, 3.05) is 0 Å². The average molecular weight is 613 g/mol. The van der Waals surface area contributed by atoms with Crippen LogP contribution in [0.4, 0.5) is 0 Å². The average Bonchev–Trinajstić information content (AvgIpc) is 3.18. The van der Waals surface area contributed by atoms with Crippen LogP contribution < -0.4 is 0 Å². The van der Waals surface area contributed by atoms with E-state index < -0.39 is 0 Å². The third-order valence-electron chi connectivity index (χ3n) is 8.98. The minimum Gasteiger partial charge on any atom is -0.252 e. The Morgan fingerprint density at radius 3 is 1.44 bits per heavy atom. The minimum atomic E-state index is 0.850. The fraction of sp³-hybridized carbons (Fsp3) is 0. The van der Waals surface area contributed by atoms with Crippen molar-refractivity contribution in [1.29, 1.82) is 0 Å². The van der Waals surface area contributed by atoms with Gasteiger partial charge in [0, 0.05) is 33.0 Å². The first kappa shape index (κ1) is 27.8. The fourth-order valence-electron chi connectivity index (χ4n) is 6.54. The van der Waals surface area contributed by atoms with Gasteiger partial charge in [-0.2, -0.15) is 0 Å². The van der Waals surface area contributed by atoms with Crippen molar-refractivity contribution < 1.29 is 0 Å². The van der Waals surface area contributed by atoms with Gasteiger partial charge < -0.3 is 0 Å². The van der Waals surface area contributed by atoms with Gasteiger partial charge in [-0.15, -0.1) is 0 Å². The van der Waals surface area contributed by atoms with E-state index >= 15 is 0 Å². The fourth-order valence-corrected chi connectivity index (χ4v) is 6.54. The van der Waals surface area contributed by atoms with Crippen LogP contribution in [-0.2, 0) is 0 Å². The van der Waals surface area contributed by atoms with E-state index in [0.717, 1.165) is 88.7 Å².